The van der Waals surface area contributed by atoms with E-state index in [1.165, 1.54) is 0 Å². The fourth-order valence-electron chi connectivity index (χ4n) is 1.65. The summed E-state index contributed by atoms with van der Waals surface area (Å²) in [6, 6.07) is 0. The maximum Gasteiger partial charge on any atom is 1.00 e. The molecule has 0 N–H and O–H groups in total. The molecule has 0 aromatic rings. The van der Waals surface area contributed by atoms with Crippen LogP contribution in [-0.2, 0) is 4.79 Å². The first kappa shape index (κ1) is 13.2. The van der Waals surface area contributed by atoms with E-state index in [-0.39, 0.29) is 46.5 Å². The molecular weight excluding hydrogens is 175 g/mol. The summed E-state index contributed by atoms with van der Waals surface area (Å²) >= 11 is 0. The van der Waals surface area contributed by atoms with Crippen molar-refractivity contribution in [2.24, 2.45) is 5.41 Å². The average Bonchev–Trinajstić information content (AvgIpc) is 1.82. The summed E-state index contributed by atoms with van der Waals surface area (Å²) in [6.45, 7) is 5.76. The summed E-state index contributed by atoms with van der Waals surface area (Å²) in [7, 11) is 0. The van der Waals surface area contributed by atoms with E-state index in [1.54, 1.807) is 0 Å². The second-order valence-corrected chi connectivity index (χ2v) is 4.32. The number of Topliss-reactive ketones (excluding diaryl/α,β-unsaturated/α-hetero) is 1. The predicted molar refractivity (Wildman–Crippen MR) is 45.3 cm³/mol. The molecule has 2 nitrogen and oxygen atoms in total. The van der Waals surface area contributed by atoms with Gasteiger partial charge in [-0.15, -0.1) is 5.76 Å². The topological polar surface area (TPSA) is 40.1 Å². The van der Waals surface area contributed by atoms with Crippen LogP contribution in [0.4, 0.5) is 0 Å². The van der Waals surface area contributed by atoms with Crippen molar-refractivity contribution < 1.29 is 39.5 Å². The van der Waals surface area contributed by atoms with Crippen molar-refractivity contribution in [3.8, 4) is 0 Å². The van der Waals surface area contributed by atoms with Crippen LogP contribution in [0.2, 0.25) is 0 Å². The van der Waals surface area contributed by atoms with Gasteiger partial charge in [0, 0.05) is 6.42 Å². The zero-order chi connectivity index (χ0) is 9.35. The molecule has 1 aliphatic carbocycles. The molecule has 0 radical (unpaired) electrons. The number of carbonyl (C=O) groups excluding carboxylic acids is 1. The van der Waals surface area contributed by atoms with Gasteiger partial charge in [-0.25, -0.2) is 0 Å². The van der Waals surface area contributed by atoms with Crippen LogP contribution in [0, 0.1) is 5.41 Å². The van der Waals surface area contributed by atoms with E-state index in [1.807, 2.05) is 20.8 Å². The Bertz CT molecular complexity index is 236. The van der Waals surface area contributed by atoms with E-state index >= 15 is 0 Å². The van der Waals surface area contributed by atoms with Crippen LogP contribution in [0.15, 0.2) is 11.3 Å². The van der Waals surface area contributed by atoms with Crippen molar-refractivity contribution in [2.45, 2.75) is 40.0 Å². The Labute approximate surface area is 102 Å². The third-order valence-corrected chi connectivity index (χ3v) is 2.12. The fourth-order valence-corrected chi connectivity index (χ4v) is 1.65. The van der Waals surface area contributed by atoms with Crippen LogP contribution in [0.25, 0.3) is 0 Å². The fraction of sp³-hybridized carbons (Fsp3) is 0.700. The van der Waals surface area contributed by atoms with Gasteiger partial charge >= 0.3 is 29.6 Å². The van der Waals surface area contributed by atoms with Gasteiger partial charge in [0.05, 0.1) is 0 Å². The van der Waals surface area contributed by atoms with Crippen LogP contribution in [-0.4, -0.2) is 5.78 Å². The quantitative estimate of drug-likeness (QED) is 0.432. The largest absolute Gasteiger partial charge is 1.00 e. The van der Waals surface area contributed by atoms with Gasteiger partial charge in [-0.2, -0.15) is 0 Å². The Morgan fingerprint density at radius 3 is 2.08 bits per heavy atom. The SMILES string of the molecule is CC(C)(C)C1=C([O-])CCCC1=O.[Na+]. The maximum atomic E-state index is 11.4. The van der Waals surface area contributed by atoms with Gasteiger partial charge in [0.25, 0.3) is 0 Å². The molecule has 0 spiro atoms. The Kier molecular flexibility index (Phi) is 4.70. The van der Waals surface area contributed by atoms with Gasteiger partial charge < -0.3 is 5.11 Å². The smallest absolute Gasteiger partial charge is 0.875 e. The first-order valence-electron chi connectivity index (χ1n) is 4.37. The standard InChI is InChI=1S/C10H16O2.Na/c1-10(2,3)9-7(11)5-4-6-8(9)12;/h11H,4-6H2,1-3H3;/q;+1/p-1. The monoisotopic (exact) mass is 190 g/mol. The van der Waals surface area contributed by atoms with Crippen LogP contribution >= 0.6 is 0 Å². The summed E-state index contributed by atoms with van der Waals surface area (Å²) in [4.78, 5) is 11.4. The second-order valence-electron chi connectivity index (χ2n) is 4.32. The molecule has 0 aromatic heterocycles. The molecule has 0 fully saturated rings. The van der Waals surface area contributed by atoms with Gasteiger partial charge in [-0.1, -0.05) is 20.8 Å². The minimum atomic E-state index is -0.269. The van der Waals surface area contributed by atoms with Crippen LogP contribution in [0.1, 0.15) is 40.0 Å². The van der Waals surface area contributed by atoms with E-state index < -0.39 is 0 Å². The van der Waals surface area contributed by atoms with Gasteiger partial charge in [0.15, 0.2) is 5.78 Å². The summed E-state index contributed by atoms with van der Waals surface area (Å²) in [6.07, 6.45) is 1.84. The van der Waals surface area contributed by atoms with E-state index in [9.17, 15) is 9.90 Å². The Balaban J connectivity index is 0.00000144. The minimum Gasteiger partial charge on any atom is -0.875 e. The molecule has 0 saturated carbocycles. The summed E-state index contributed by atoms with van der Waals surface area (Å²) in [5, 5.41) is 11.4. The van der Waals surface area contributed by atoms with E-state index in [4.69, 9.17) is 0 Å². The molecule has 13 heavy (non-hydrogen) atoms. The first-order chi connectivity index (χ1) is 5.43. The van der Waals surface area contributed by atoms with Crippen LogP contribution in [0.3, 0.4) is 0 Å². The number of hydrogen-bond donors (Lipinski definition) is 0. The van der Waals surface area contributed by atoms with Gasteiger partial charge in [0.1, 0.15) is 0 Å². The number of hydrogen-bond acceptors (Lipinski definition) is 2. The second kappa shape index (κ2) is 4.63. The summed E-state index contributed by atoms with van der Waals surface area (Å²) < 4.78 is 0. The summed E-state index contributed by atoms with van der Waals surface area (Å²) in [5.74, 6) is 0.109. The third kappa shape index (κ3) is 3.12. The van der Waals surface area contributed by atoms with Crippen molar-refractivity contribution >= 4 is 5.78 Å². The zero-order valence-electron chi connectivity index (χ0n) is 8.94. The van der Waals surface area contributed by atoms with E-state index in [0.29, 0.717) is 18.4 Å². The summed E-state index contributed by atoms with van der Waals surface area (Å²) in [5.41, 5.74) is 0.253. The Morgan fingerprint density at radius 2 is 1.77 bits per heavy atom. The predicted octanol–water partition coefficient (Wildman–Crippen LogP) is -1.60. The number of rotatable bonds is 0. The molecule has 0 amide bonds. The molecule has 0 atom stereocenters. The molecule has 1 aliphatic rings. The number of allylic oxidation sites excluding steroid dienone is 2. The molecule has 0 aromatic carbocycles. The van der Waals surface area contributed by atoms with Crippen LogP contribution < -0.4 is 34.7 Å². The average molecular weight is 190 g/mol. The molecule has 0 aliphatic heterocycles. The van der Waals surface area contributed by atoms with Gasteiger partial charge in [-0.3, -0.25) is 4.79 Å². The normalized spacial score (nSPS) is 18.5. The van der Waals surface area contributed by atoms with Crippen molar-refractivity contribution in [3.63, 3.8) is 0 Å². The van der Waals surface area contributed by atoms with Crippen molar-refractivity contribution in [1.29, 1.82) is 0 Å². The molecule has 0 unspecified atom stereocenters. The van der Waals surface area contributed by atoms with Crippen molar-refractivity contribution in [1.82, 2.24) is 0 Å². The minimum absolute atomic E-state index is 0. The molecule has 0 heterocycles. The van der Waals surface area contributed by atoms with Crippen molar-refractivity contribution in [2.75, 3.05) is 0 Å². The maximum absolute atomic E-state index is 11.4. The number of ketones is 1. The zero-order valence-corrected chi connectivity index (χ0v) is 10.9. The molecule has 1 rings (SSSR count). The molecule has 0 bridgehead atoms. The van der Waals surface area contributed by atoms with Gasteiger partial charge in [-0.05, 0) is 23.8 Å². The van der Waals surface area contributed by atoms with E-state index in [2.05, 4.69) is 0 Å². The Hall–Kier alpha value is 0.210. The molecule has 3 heteroatoms. The molecular formula is C10H15NaO2. The number of carbonyl (C=O) groups is 1. The molecule has 0 saturated heterocycles. The third-order valence-electron chi connectivity index (χ3n) is 2.12. The van der Waals surface area contributed by atoms with E-state index in [0.717, 1.165) is 6.42 Å². The first-order valence-corrected chi connectivity index (χ1v) is 4.37. The Morgan fingerprint density at radius 1 is 1.23 bits per heavy atom. The van der Waals surface area contributed by atoms with Gasteiger partial charge in [0.2, 0.25) is 0 Å². The van der Waals surface area contributed by atoms with Crippen LogP contribution in [0.5, 0.6) is 0 Å². The van der Waals surface area contributed by atoms with Crippen molar-refractivity contribution in [3.05, 3.63) is 11.3 Å². The molecule has 68 valence electrons.